The predicted molar refractivity (Wildman–Crippen MR) is 362 cm³/mol. The summed E-state index contributed by atoms with van der Waals surface area (Å²) in [6.45, 7) is 6.38. The van der Waals surface area contributed by atoms with E-state index in [2.05, 4.69) is 179 Å². The van der Waals surface area contributed by atoms with Crippen LogP contribution in [0.25, 0.3) is 0 Å². The lowest BCUT2D eigenvalue weighted by atomic mass is 10.1. The molecule has 0 aromatic carbocycles. The van der Waals surface area contributed by atoms with Gasteiger partial charge in [0.1, 0.15) is 13.2 Å². The first-order valence-corrected chi connectivity index (χ1v) is 34.0. The summed E-state index contributed by atoms with van der Waals surface area (Å²) in [6, 6.07) is 0. The highest BCUT2D eigenvalue weighted by Crippen LogP contribution is 2.15. The molecule has 0 aliphatic carbocycles. The molecule has 1 unspecified atom stereocenters. The number of hydrogen-bond acceptors (Lipinski definition) is 6. The Balaban J connectivity index is 4.53. The van der Waals surface area contributed by atoms with Gasteiger partial charge in [0.05, 0.1) is 0 Å². The van der Waals surface area contributed by atoms with Gasteiger partial charge in [-0.3, -0.25) is 14.4 Å². The van der Waals surface area contributed by atoms with E-state index in [9.17, 15) is 14.4 Å². The third-order valence-electron chi connectivity index (χ3n) is 14.0. The van der Waals surface area contributed by atoms with E-state index in [4.69, 9.17) is 14.2 Å². The molecule has 0 fully saturated rings. The Labute approximate surface area is 511 Å². The summed E-state index contributed by atoms with van der Waals surface area (Å²) in [7, 11) is 0. The maximum absolute atomic E-state index is 13.0. The van der Waals surface area contributed by atoms with Gasteiger partial charge in [-0.25, -0.2) is 0 Å². The van der Waals surface area contributed by atoms with Crippen LogP contribution in [0.4, 0.5) is 0 Å². The van der Waals surface area contributed by atoms with Crippen LogP contribution < -0.4 is 0 Å². The van der Waals surface area contributed by atoms with Crippen LogP contribution in [0.1, 0.15) is 290 Å². The Kier molecular flexibility index (Phi) is 65.4. The summed E-state index contributed by atoms with van der Waals surface area (Å²) in [4.78, 5) is 38.5. The molecule has 6 heteroatoms. The Hall–Kier alpha value is -4.97. The summed E-state index contributed by atoms with van der Waals surface area (Å²) in [5.41, 5.74) is 0. The van der Waals surface area contributed by atoms with Gasteiger partial charge >= 0.3 is 17.9 Å². The van der Waals surface area contributed by atoms with Crippen LogP contribution in [-0.2, 0) is 28.6 Å². The summed E-state index contributed by atoms with van der Waals surface area (Å²) in [6.07, 6.45) is 101. The van der Waals surface area contributed by atoms with Crippen LogP contribution in [0.5, 0.6) is 0 Å². The fraction of sp³-hybridized carbons (Fsp3) is 0.623. The minimum Gasteiger partial charge on any atom is -0.462 e. The zero-order valence-corrected chi connectivity index (χ0v) is 53.7. The second-order valence-electron chi connectivity index (χ2n) is 22.0. The quantitative estimate of drug-likeness (QED) is 0.0261. The van der Waals surface area contributed by atoms with E-state index in [1.807, 2.05) is 0 Å². The van der Waals surface area contributed by atoms with Crippen molar-refractivity contribution in [2.75, 3.05) is 13.2 Å². The summed E-state index contributed by atoms with van der Waals surface area (Å²) >= 11 is 0. The molecule has 0 rings (SSSR count). The zero-order chi connectivity index (χ0) is 59.9. The van der Waals surface area contributed by atoms with Gasteiger partial charge < -0.3 is 14.2 Å². The second kappa shape index (κ2) is 69.5. The van der Waals surface area contributed by atoms with Crippen molar-refractivity contribution in [3.63, 3.8) is 0 Å². The average Bonchev–Trinajstić information content (AvgIpc) is 3.49. The minimum atomic E-state index is -0.814. The highest BCUT2D eigenvalue weighted by molar-refractivity contribution is 5.71. The molecule has 0 saturated heterocycles. The van der Waals surface area contributed by atoms with Crippen molar-refractivity contribution >= 4 is 17.9 Å². The van der Waals surface area contributed by atoms with Gasteiger partial charge in [0.15, 0.2) is 6.10 Å². The Morgan fingerprint density at radius 3 is 0.747 bits per heavy atom. The van der Waals surface area contributed by atoms with Gasteiger partial charge in [0.2, 0.25) is 0 Å². The second-order valence-corrected chi connectivity index (χ2v) is 22.0. The van der Waals surface area contributed by atoms with Crippen molar-refractivity contribution < 1.29 is 28.6 Å². The maximum Gasteiger partial charge on any atom is 0.306 e. The molecule has 0 heterocycles. The van der Waals surface area contributed by atoms with Crippen LogP contribution in [0.3, 0.4) is 0 Å². The summed E-state index contributed by atoms with van der Waals surface area (Å²) in [5.74, 6) is -0.955. The van der Waals surface area contributed by atoms with Gasteiger partial charge in [-0.2, -0.15) is 0 Å². The van der Waals surface area contributed by atoms with Gasteiger partial charge in [-0.05, 0) is 148 Å². The predicted octanol–water partition coefficient (Wildman–Crippen LogP) is 23.7. The lowest BCUT2D eigenvalue weighted by Crippen LogP contribution is -2.30. The largest absolute Gasteiger partial charge is 0.462 e. The van der Waals surface area contributed by atoms with E-state index in [1.165, 1.54) is 89.9 Å². The first-order valence-electron chi connectivity index (χ1n) is 34.0. The standard InChI is InChI=1S/C77H124O6/c1-4-7-10-13-16-19-22-25-28-31-34-36-38-40-43-46-49-52-55-58-61-64-67-70-76(79)82-73-74(72-81-75(78)69-66-63-60-57-54-51-48-45-42-33-30-27-24-21-18-15-12-9-6-3)83-77(80)71-68-65-62-59-56-53-50-47-44-41-39-37-35-32-29-26-23-20-17-14-11-8-5-2/h7-8,10-11,16-17,19-20,25-30,34-37,40-41,43-44,49-50,52-53,74H,4-6,9,12-15,18,21-24,31-33,38-39,42,45-48,51,54-73H2,1-3H3/b10-7-,11-8-,19-16-,20-17-,28-25-,29-26-,30-27-,36-34-,37-35-,43-40-,44-41-,52-49-,53-50-. The molecule has 0 aliphatic heterocycles. The highest BCUT2D eigenvalue weighted by atomic mass is 16.6. The molecule has 0 aromatic heterocycles. The van der Waals surface area contributed by atoms with Crippen LogP contribution in [-0.4, -0.2) is 37.2 Å². The van der Waals surface area contributed by atoms with Crippen LogP contribution in [0.15, 0.2) is 158 Å². The Morgan fingerprint density at radius 2 is 0.470 bits per heavy atom. The molecule has 6 nitrogen and oxygen atoms in total. The molecule has 0 aromatic rings. The average molecular weight is 1150 g/mol. The van der Waals surface area contributed by atoms with E-state index in [0.29, 0.717) is 12.8 Å². The number of rotatable bonds is 60. The van der Waals surface area contributed by atoms with Gasteiger partial charge in [0, 0.05) is 19.3 Å². The van der Waals surface area contributed by atoms with E-state index in [1.54, 1.807) is 0 Å². The summed E-state index contributed by atoms with van der Waals surface area (Å²) in [5, 5.41) is 0. The Morgan fingerprint density at radius 1 is 0.253 bits per heavy atom. The smallest absolute Gasteiger partial charge is 0.306 e. The minimum absolute atomic E-state index is 0.104. The molecule has 0 N–H and O–H groups in total. The first-order chi connectivity index (χ1) is 41.0. The molecule has 0 spiro atoms. The fourth-order valence-electron chi connectivity index (χ4n) is 8.97. The summed E-state index contributed by atoms with van der Waals surface area (Å²) < 4.78 is 16.9. The number of carbonyl (C=O) groups excluding carboxylic acids is 3. The number of esters is 3. The van der Waals surface area contributed by atoms with E-state index in [-0.39, 0.29) is 37.5 Å². The van der Waals surface area contributed by atoms with E-state index < -0.39 is 6.10 Å². The number of allylic oxidation sites excluding steroid dienone is 26. The molecule has 83 heavy (non-hydrogen) atoms. The van der Waals surface area contributed by atoms with Crippen LogP contribution >= 0.6 is 0 Å². The monoisotopic (exact) mass is 1140 g/mol. The molecule has 0 radical (unpaired) electrons. The van der Waals surface area contributed by atoms with Gasteiger partial charge in [0.25, 0.3) is 0 Å². The third-order valence-corrected chi connectivity index (χ3v) is 14.0. The normalized spacial score (nSPS) is 13.1. The molecular weight excluding hydrogens is 1020 g/mol. The van der Waals surface area contributed by atoms with Crippen LogP contribution in [0, 0.1) is 0 Å². The lowest BCUT2D eigenvalue weighted by Gasteiger charge is -2.18. The van der Waals surface area contributed by atoms with E-state index in [0.717, 1.165) is 161 Å². The molecular formula is C77H124O6. The number of unbranched alkanes of at least 4 members (excludes halogenated alkanes) is 23. The zero-order valence-electron chi connectivity index (χ0n) is 53.7. The van der Waals surface area contributed by atoms with Crippen molar-refractivity contribution in [1.29, 1.82) is 0 Å². The van der Waals surface area contributed by atoms with Crippen molar-refractivity contribution in [2.24, 2.45) is 0 Å². The highest BCUT2D eigenvalue weighted by Gasteiger charge is 2.19. The van der Waals surface area contributed by atoms with Gasteiger partial charge in [-0.15, -0.1) is 0 Å². The third kappa shape index (κ3) is 67.7. The maximum atomic E-state index is 13.0. The van der Waals surface area contributed by atoms with Crippen molar-refractivity contribution in [3.8, 4) is 0 Å². The lowest BCUT2D eigenvalue weighted by molar-refractivity contribution is -0.167. The van der Waals surface area contributed by atoms with Crippen LogP contribution in [0.2, 0.25) is 0 Å². The number of hydrogen-bond donors (Lipinski definition) is 0. The van der Waals surface area contributed by atoms with Crippen molar-refractivity contribution in [3.05, 3.63) is 158 Å². The molecule has 0 saturated carbocycles. The molecule has 468 valence electrons. The van der Waals surface area contributed by atoms with Crippen molar-refractivity contribution in [2.45, 2.75) is 297 Å². The Bertz CT molecular complexity index is 1840. The fourth-order valence-corrected chi connectivity index (χ4v) is 8.97. The molecule has 0 aliphatic rings. The SMILES string of the molecule is CC/C=C\C/C=C\C/C=C\C/C=C\C/C=C\C/C=C\CCCCCCC(=O)OCC(COC(=O)CCCCCCCCCCC/C=C\CCCCCCCC)OC(=O)CCCCCC/C=C\C/C=C\C/C=C\C/C=C\C/C=C\C/C=C\CC. The molecule has 0 bridgehead atoms. The van der Waals surface area contributed by atoms with Crippen molar-refractivity contribution in [1.82, 2.24) is 0 Å². The topological polar surface area (TPSA) is 78.9 Å². The molecule has 0 amide bonds. The first kappa shape index (κ1) is 78.0. The van der Waals surface area contributed by atoms with Gasteiger partial charge in [-0.1, -0.05) is 281 Å². The number of ether oxygens (including phenoxy) is 3. The van der Waals surface area contributed by atoms with E-state index >= 15 is 0 Å². The number of carbonyl (C=O) groups is 3. The molecule has 1 atom stereocenters.